The average molecular weight is 416 g/mol. The van der Waals surface area contributed by atoms with Crippen molar-refractivity contribution in [3.63, 3.8) is 0 Å². The molecule has 0 N–H and O–H groups in total. The van der Waals surface area contributed by atoms with Crippen LogP contribution in [0.5, 0.6) is 0 Å². The number of nitrogens with zero attached hydrogens (tertiary/aromatic N) is 3. The summed E-state index contributed by atoms with van der Waals surface area (Å²) in [5.74, 6) is -0.583. The second kappa shape index (κ2) is 9.56. The first-order valence-electron chi connectivity index (χ1n) is 9.93. The summed E-state index contributed by atoms with van der Waals surface area (Å²) in [4.78, 5) is 34.5. The number of pyridine rings is 1. The van der Waals surface area contributed by atoms with Crippen LogP contribution in [0.1, 0.15) is 0 Å². The van der Waals surface area contributed by atoms with E-state index in [1.807, 2.05) is 30.3 Å². The van der Waals surface area contributed by atoms with Gasteiger partial charge in [-0.1, -0.05) is 24.3 Å². The number of carbonyl (C=O) groups excluding carboxylic acids is 2. The van der Waals surface area contributed by atoms with Crippen molar-refractivity contribution in [2.24, 2.45) is 5.92 Å². The lowest BCUT2D eigenvalue weighted by molar-refractivity contribution is -0.150. The van der Waals surface area contributed by atoms with E-state index in [4.69, 9.17) is 9.47 Å². The molecular weight excluding hydrogens is 390 g/mol. The molecule has 1 aromatic carbocycles. The van der Waals surface area contributed by atoms with E-state index in [9.17, 15) is 9.59 Å². The average Bonchev–Trinajstić information content (AvgIpc) is 2.80. The Kier molecular flexibility index (Phi) is 6.63. The van der Waals surface area contributed by atoms with Gasteiger partial charge in [-0.15, -0.1) is 11.8 Å². The Morgan fingerprint density at radius 2 is 1.52 bits per heavy atom. The van der Waals surface area contributed by atoms with Gasteiger partial charge < -0.3 is 19.3 Å². The topological polar surface area (TPSA) is 72.0 Å². The predicted molar refractivity (Wildman–Crippen MR) is 111 cm³/mol. The maximum atomic E-state index is 13.2. The van der Waals surface area contributed by atoms with Gasteiger partial charge in [0.15, 0.2) is 0 Å². The van der Waals surface area contributed by atoms with Crippen LogP contribution >= 0.6 is 11.8 Å². The molecule has 0 spiro atoms. The van der Waals surface area contributed by atoms with Crippen LogP contribution in [0.3, 0.4) is 0 Å². The number of rotatable bonds is 5. The van der Waals surface area contributed by atoms with Gasteiger partial charge in [0.2, 0.25) is 11.8 Å². The largest absolute Gasteiger partial charge is 0.378 e. The molecule has 29 heavy (non-hydrogen) atoms. The second-order valence-corrected chi connectivity index (χ2v) is 8.08. The van der Waals surface area contributed by atoms with Crippen LogP contribution < -0.4 is 0 Å². The van der Waals surface area contributed by atoms with Crippen LogP contribution in [-0.4, -0.2) is 85.0 Å². The van der Waals surface area contributed by atoms with Crippen molar-refractivity contribution in [3.8, 4) is 0 Å². The molecule has 3 heterocycles. The molecule has 2 aliphatic rings. The quantitative estimate of drug-likeness (QED) is 0.546. The molecule has 0 unspecified atom stereocenters. The van der Waals surface area contributed by atoms with Gasteiger partial charge in [0.05, 0.1) is 26.4 Å². The molecule has 2 aliphatic heterocycles. The highest BCUT2D eigenvalue weighted by Gasteiger charge is 2.35. The fourth-order valence-corrected chi connectivity index (χ4v) is 4.71. The molecule has 0 radical (unpaired) electrons. The van der Waals surface area contributed by atoms with Crippen LogP contribution in [0.25, 0.3) is 10.8 Å². The molecular formula is C21H25N3O4S. The van der Waals surface area contributed by atoms with Crippen molar-refractivity contribution >= 4 is 34.3 Å². The van der Waals surface area contributed by atoms with Crippen LogP contribution in [0.2, 0.25) is 0 Å². The number of hydrogen-bond acceptors (Lipinski definition) is 6. The third-order valence-corrected chi connectivity index (χ3v) is 6.36. The number of hydrogen-bond donors (Lipinski definition) is 0. The first kappa shape index (κ1) is 20.1. The normalized spacial score (nSPS) is 17.7. The summed E-state index contributed by atoms with van der Waals surface area (Å²) in [6, 6.07) is 9.99. The Labute approximate surface area is 174 Å². The highest BCUT2D eigenvalue weighted by molar-refractivity contribution is 7.99. The van der Waals surface area contributed by atoms with Crippen LogP contribution in [0.15, 0.2) is 41.6 Å². The lowest BCUT2D eigenvalue weighted by Gasteiger charge is -2.33. The fraction of sp³-hybridized carbons (Fsp3) is 0.476. The zero-order valence-corrected chi connectivity index (χ0v) is 17.1. The molecule has 0 atom stereocenters. The maximum absolute atomic E-state index is 13.2. The minimum Gasteiger partial charge on any atom is -0.378 e. The van der Waals surface area contributed by atoms with Gasteiger partial charge in [0.25, 0.3) is 0 Å². The molecule has 8 heteroatoms. The van der Waals surface area contributed by atoms with E-state index in [0.29, 0.717) is 58.4 Å². The van der Waals surface area contributed by atoms with Gasteiger partial charge in [-0.2, -0.15) is 0 Å². The predicted octanol–water partition coefficient (Wildman–Crippen LogP) is 1.66. The molecule has 2 saturated heterocycles. The molecule has 1 aromatic heterocycles. The molecule has 2 fully saturated rings. The molecule has 7 nitrogen and oxygen atoms in total. The van der Waals surface area contributed by atoms with E-state index in [1.165, 1.54) is 11.8 Å². The first-order chi connectivity index (χ1) is 14.2. The van der Waals surface area contributed by atoms with Crippen molar-refractivity contribution in [2.75, 3.05) is 58.4 Å². The Bertz CT molecular complexity index is 831. The summed E-state index contributed by atoms with van der Waals surface area (Å²) in [7, 11) is 0. The minimum atomic E-state index is -0.725. The number of ether oxygens (including phenoxy) is 2. The van der Waals surface area contributed by atoms with E-state index < -0.39 is 5.92 Å². The summed E-state index contributed by atoms with van der Waals surface area (Å²) in [5, 5.41) is 2.98. The van der Waals surface area contributed by atoms with E-state index in [1.54, 1.807) is 16.0 Å². The van der Waals surface area contributed by atoms with Gasteiger partial charge in [-0.3, -0.25) is 9.59 Å². The highest BCUT2D eigenvalue weighted by atomic mass is 32.2. The number of thioether (sulfide) groups is 1. The number of amides is 2. The molecule has 2 aromatic rings. The summed E-state index contributed by atoms with van der Waals surface area (Å²) in [6.07, 6.45) is 1.77. The summed E-state index contributed by atoms with van der Waals surface area (Å²) < 4.78 is 10.7. The van der Waals surface area contributed by atoms with E-state index in [2.05, 4.69) is 4.98 Å². The van der Waals surface area contributed by atoms with Crippen molar-refractivity contribution in [3.05, 3.63) is 36.5 Å². The molecule has 154 valence electrons. The Balaban J connectivity index is 1.53. The number of carbonyl (C=O) groups is 2. The Morgan fingerprint density at radius 3 is 2.14 bits per heavy atom. The fourth-order valence-electron chi connectivity index (χ4n) is 3.63. The van der Waals surface area contributed by atoms with Crippen molar-refractivity contribution < 1.29 is 19.1 Å². The standard InChI is InChI=1S/C21H25N3O4S/c25-20(23-7-11-27-12-8-23)18(21(26)24-9-13-28-14-10-24)15-29-19-17-4-2-1-3-16(17)5-6-22-19/h1-6,18H,7-15H2. The van der Waals surface area contributed by atoms with Crippen molar-refractivity contribution in [2.45, 2.75) is 5.03 Å². The van der Waals surface area contributed by atoms with Gasteiger partial charge in [0, 0.05) is 43.5 Å². The van der Waals surface area contributed by atoms with Gasteiger partial charge >= 0.3 is 0 Å². The van der Waals surface area contributed by atoms with Crippen molar-refractivity contribution in [1.29, 1.82) is 0 Å². The summed E-state index contributed by atoms with van der Waals surface area (Å²) in [5.41, 5.74) is 0. The SMILES string of the molecule is O=C(C(CSc1nccc2ccccc12)C(=O)N1CCOCC1)N1CCOCC1. The molecule has 4 rings (SSSR count). The molecule has 2 amide bonds. The lowest BCUT2D eigenvalue weighted by Crippen LogP contribution is -2.51. The number of benzene rings is 1. The smallest absolute Gasteiger partial charge is 0.236 e. The third-order valence-electron chi connectivity index (χ3n) is 5.27. The Hall–Kier alpha value is -2.16. The third kappa shape index (κ3) is 4.71. The van der Waals surface area contributed by atoms with E-state index >= 15 is 0 Å². The summed E-state index contributed by atoms with van der Waals surface area (Å²) in [6.45, 7) is 4.19. The summed E-state index contributed by atoms with van der Waals surface area (Å²) >= 11 is 1.47. The minimum absolute atomic E-state index is 0.113. The maximum Gasteiger partial charge on any atom is 0.236 e. The van der Waals surface area contributed by atoms with Gasteiger partial charge in [0.1, 0.15) is 10.9 Å². The van der Waals surface area contributed by atoms with E-state index in [0.717, 1.165) is 15.8 Å². The lowest BCUT2D eigenvalue weighted by atomic mass is 10.1. The highest BCUT2D eigenvalue weighted by Crippen LogP contribution is 2.28. The first-order valence-corrected chi connectivity index (χ1v) is 10.9. The zero-order valence-electron chi connectivity index (χ0n) is 16.3. The monoisotopic (exact) mass is 415 g/mol. The van der Waals surface area contributed by atoms with Crippen LogP contribution in [0, 0.1) is 5.92 Å². The molecule has 0 bridgehead atoms. The number of aromatic nitrogens is 1. The van der Waals surface area contributed by atoms with Crippen LogP contribution in [0.4, 0.5) is 0 Å². The van der Waals surface area contributed by atoms with Crippen molar-refractivity contribution in [1.82, 2.24) is 14.8 Å². The molecule has 0 saturated carbocycles. The zero-order chi connectivity index (χ0) is 20.1. The molecule has 0 aliphatic carbocycles. The Morgan fingerprint density at radius 1 is 0.931 bits per heavy atom. The van der Waals surface area contributed by atoms with Crippen LogP contribution in [-0.2, 0) is 19.1 Å². The number of morpholine rings is 2. The van der Waals surface area contributed by atoms with E-state index in [-0.39, 0.29) is 11.8 Å². The van der Waals surface area contributed by atoms with Gasteiger partial charge in [-0.05, 0) is 11.5 Å². The second-order valence-electron chi connectivity index (χ2n) is 7.08. The number of fused-ring (bicyclic) bond motifs is 1. The van der Waals surface area contributed by atoms with Gasteiger partial charge in [-0.25, -0.2) is 4.98 Å².